The molecular formula is C68H41N6O2+. The fourth-order valence-electron chi connectivity index (χ4n) is 11.6. The van der Waals surface area contributed by atoms with Crippen LogP contribution in [-0.2, 0) is 0 Å². The maximum absolute atomic E-state index is 6.93. The molecule has 16 aromatic rings. The van der Waals surface area contributed by atoms with Gasteiger partial charge in [-0.1, -0.05) is 137 Å². The van der Waals surface area contributed by atoms with Crippen molar-refractivity contribution in [2.45, 2.75) is 0 Å². The molecule has 0 bridgehead atoms. The highest BCUT2D eigenvalue weighted by Crippen LogP contribution is 2.44. The van der Waals surface area contributed by atoms with Gasteiger partial charge in [0.2, 0.25) is 6.33 Å². The van der Waals surface area contributed by atoms with E-state index >= 15 is 0 Å². The summed E-state index contributed by atoms with van der Waals surface area (Å²) in [4.78, 5) is 15.7. The predicted octanol–water partition coefficient (Wildman–Crippen LogP) is 16.8. The first kappa shape index (κ1) is 42.1. The van der Waals surface area contributed by atoms with Crippen LogP contribution in [0.1, 0.15) is 0 Å². The Morgan fingerprint density at radius 1 is 0.368 bits per heavy atom. The van der Waals surface area contributed by atoms with Crippen LogP contribution in [0.25, 0.3) is 150 Å². The van der Waals surface area contributed by atoms with Crippen molar-refractivity contribution >= 4 is 87.5 Å². The van der Waals surface area contributed by atoms with Gasteiger partial charge in [-0.2, -0.15) is 4.57 Å². The van der Waals surface area contributed by atoms with Crippen molar-refractivity contribution in [2.75, 3.05) is 0 Å². The Hall–Kier alpha value is -10.4. The van der Waals surface area contributed by atoms with E-state index in [0.717, 1.165) is 133 Å². The molecule has 0 saturated carbocycles. The Morgan fingerprint density at radius 2 is 0.855 bits per heavy atom. The minimum absolute atomic E-state index is 0.634. The molecule has 0 aliphatic carbocycles. The van der Waals surface area contributed by atoms with Crippen LogP contribution in [0.4, 0.5) is 0 Å². The highest BCUT2D eigenvalue weighted by molar-refractivity contribution is 6.23. The molecule has 16 rings (SSSR count). The zero-order valence-corrected chi connectivity index (χ0v) is 40.7. The minimum atomic E-state index is 0.634. The number of aromatic nitrogens is 6. The van der Waals surface area contributed by atoms with Crippen molar-refractivity contribution in [3.8, 4) is 62.2 Å². The van der Waals surface area contributed by atoms with E-state index in [2.05, 4.69) is 202 Å². The summed E-state index contributed by atoms with van der Waals surface area (Å²) in [6.45, 7) is 0. The van der Waals surface area contributed by atoms with E-state index in [-0.39, 0.29) is 0 Å². The number of hydrogen-bond acceptors (Lipinski definition) is 5. The molecule has 0 amide bonds. The summed E-state index contributed by atoms with van der Waals surface area (Å²) in [6, 6.07) is 82.6. The minimum Gasteiger partial charge on any atom is -0.454 e. The van der Waals surface area contributed by atoms with E-state index < -0.39 is 0 Å². The van der Waals surface area contributed by atoms with Gasteiger partial charge in [0, 0.05) is 77.9 Å². The quantitative estimate of drug-likeness (QED) is 0.149. The summed E-state index contributed by atoms with van der Waals surface area (Å²) < 4.78 is 20.6. The number of para-hydroxylation sites is 4. The molecule has 8 nitrogen and oxygen atoms in total. The van der Waals surface area contributed by atoms with Crippen molar-refractivity contribution in [1.29, 1.82) is 0 Å². The second-order valence-electron chi connectivity index (χ2n) is 19.4. The molecule has 6 heterocycles. The summed E-state index contributed by atoms with van der Waals surface area (Å²) in [6.07, 6.45) is 3.89. The van der Waals surface area contributed by atoms with Gasteiger partial charge in [-0.05, 0) is 109 Å². The highest BCUT2D eigenvalue weighted by atomic mass is 16.3. The van der Waals surface area contributed by atoms with Crippen LogP contribution in [0.3, 0.4) is 0 Å². The Balaban J connectivity index is 0.913. The van der Waals surface area contributed by atoms with Gasteiger partial charge in [0.1, 0.15) is 16.9 Å². The smallest absolute Gasteiger partial charge is 0.307 e. The largest absolute Gasteiger partial charge is 0.454 e. The summed E-state index contributed by atoms with van der Waals surface area (Å²) in [5, 5.41) is 8.73. The third-order valence-electron chi connectivity index (χ3n) is 15.1. The maximum Gasteiger partial charge on any atom is 0.307 e. The van der Waals surface area contributed by atoms with Crippen molar-refractivity contribution in [1.82, 2.24) is 24.1 Å². The van der Waals surface area contributed by atoms with Crippen LogP contribution in [0.15, 0.2) is 258 Å². The van der Waals surface area contributed by atoms with Gasteiger partial charge in [0.25, 0.3) is 5.82 Å². The van der Waals surface area contributed by atoms with Crippen molar-refractivity contribution < 1.29 is 13.4 Å². The third-order valence-corrected chi connectivity index (χ3v) is 15.1. The van der Waals surface area contributed by atoms with Gasteiger partial charge in [0.05, 0.1) is 38.9 Å². The fraction of sp³-hybridized carbons (Fsp3) is 0. The predicted molar refractivity (Wildman–Crippen MR) is 306 cm³/mol. The second-order valence-corrected chi connectivity index (χ2v) is 19.4. The Morgan fingerprint density at radius 3 is 1.43 bits per heavy atom. The molecule has 0 spiro atoms. The van der Waals surface area contributed by atoms with Gasteiger partial charge < -0.3 is 18.0 Å². The van der Waals surface area contributed by atoms with Gasteiger partial charge >= 0.3 is 5.82 Å². The number of hydrogen-bond donors (Lipinski definition) is 0. The zero-order valence-electron chi connectivity index (χ0n) is 40.7. The van der Waals surface area contributed by atoms with Crippen molar-refractivity contribution in [3.63, 3.8) is 0 Å². The molecule has 0 fully saturated rings. The lowest BCUT2D eigenvalue weighted by Gasteiger charge is -2.13. The lowest BCUT2D eigenvalue weighted by atomic mass is 9.99. The molecule has 0 unspecified atom stereocenters. The maximum atomic E-state index is 6.93. The molecule has 0 radical (unpaired) electrons. The van der Waals surface area contributed by atoms with E-state index in [9.17, 15) is 0 Å². The van der Waals surface area contributed by atoms with Crippen LogP contribution in [0.2, 0.25) is 0 Å². The normalized spacial score (nSPS) is 11.9. The number of nitrogens with zero attached hydrogens (tertiary/aromatic N) is 6. The van der Waals surface area contributed by atoms with Crippen molar-refractivity contribution in [3.05, 3.63) is 249 Å². The Labute approximate surface area is 434 Å². The van der Waals surface area contributed by atoms with Crippen molar-refractivity contribution in [2.24, 2.45) is 0 Å². The summed E-state index contributed by atoms with van der Waals surface area (Å²) in [5.41, 5.74) is 16.2. The molecule has 0 saturated heterocycles. The first-order valence-corrected chi connectivity index (χ1v) is 25.5. The summed E-state index contributed by atoms with van der Waals surface area (Å²) >= 11 is 0. The van der Waals surface area contributed by atoms with Crippen LogP contribution >= 0.6 is 0 Å². The van der Waals surface area contributed by atoms with Gasteiger partial charge in [0.15, 0.2) is 11.2 Å². The topological polar surface area (TPSA) is 78.7 Å². The fourth-order valence-corrected chi connectivity index (χ4v) is 11.6. The monoisotopic (exact) mass is 973 g/mol. The average molecular weight is 974 g/mol. The first-order valence-electron chi connectivity index (χ1n) is 25.5. The van der Waals surface area contributed by atoms with E-state index in [1.165, 1.54) is 10.8 Å². The number of fused-ring (bicyclic) bond motifs is 14. The molecule has 10 aromatic carbocycles. The summed E-state index contributed by atoms with van der Waals surface area (Å²) in [7, 11) is 0. The third kappa shape index (κ3) is 6.37. The van der Waals surface area contributed by atoms with Crippen LogP contribution < -0.4 is 4.57 Å². The molecule has 0 aliphatic heterocycles. The second kappa shape index (κ2) is 16.5. The van der Waals surface area contributed by atoms with Gasteiger partial charge in [-0.25, -0.2) is 0 Å². The molecule has 0 aliphatic rings. The van der Waals surface area contributed by atoms with Crippen LogP contribution in [-0.4, -0.2) is 24.1 Å². The van der Waals surface area contributed by atoms with Gasteiger partial charge in [-0.15, -0.1) is 0 Å². The summed E-state index contributed by atoms with van der Waals surface area (Å²) in [5.74, 6) is 1.38. The first-order chi connectivity index (χ1) is 37.7. The number of furan rings is 2. The Kier molecular flexibility index (Phi) is 9.17. The number of pyridine rings is 1. The Bertz CT molecular complexity index is 4980. The SMILES string of the molecule is c1ccc(-c2nc[n+](-c3cc(-c4ccc5oc6c(ccc7c8ccccc8n(-c8ccccc8)c76)c5c4)ncc3-c3ccc4oc5c(ccc6c7ccccc7n(-c7ccccc7)c65)c4c3)c(-c3ccccc3)n2)cc1. The van der Waals surface area contributed by atoms with Crippen LogP contribution in [0.5, 0.6) is 0 Å². The highest BCUT2D eigenvalue weighted by Gasteiger charge is 2.26. The number of benzene rings is 10. The lowest BCUT2D eigenvalue weighted by Crippen LogP contribution is -2.36. The molecule has 76 heavy (non-hydrogen) atoms. The standard InChI is InChI=1S/C68H41N6O2/c1-5-17-42(18-6-1)67-70-41-72(68(71-67)43-19-7-2-8-20-43)60-39-57(45-30-36-62-55(38-45)53-34-32-51-49-26-14-16-28-59(49)74(64(51)66(53)76-62)47-23-11-4-12-24-47)69-40-56(60)44-29-35-61-54(37-44)52-33-31-50-48-25-13-15-27-58(48)73(63(50)65(52)75-61)46-21-9-3-10-22-46/h1-41H/q+1. The van der Waals surface area contributed by atoms with E-state index in [1.54, 1.807) is 0 Å². The molecule has 8 heteroatoms. The van der Waals surface area contributed by atoms with E-state index in [1.807, 2.05) is 61.1 Å². The zero-order chi connectivity index (χ0) is 49.8. The molecule has 0 atom stereocenters. The molecule has 354 valence electrons. The van der Waals surface area contributed by atoms with E-state index in [4.69, 9.17) is 23.8 Å². The lowest BCUT2D eigenvalue weighted by molar-refractivity contribution is -0.589. The van der Waals surface area contributed by atoms with Gasteiger partial charge in [-0.3, -0.25) is 4.98 Å². The molecule has 6 aromatic heterocycles. The van der Waals surface area contributed by atoms with Crippen LogP contribution in [0, 0.1) is 0 Å². The molecular weight excluding hydrogens is 933 g/mol. The van der Waals surface area contributed by atoms with E-state index in [0.29, 0.717) is 5.82 Å². The average Bonchev–Trinajstić information content (AvgIpc) is 4.45. The molecule has 0 N–H and O–H groups in total. The number of rotatable bonds is 7.